The van der Waals surface area contributed by atoms with E-state index >= 15 is 0 Å². The van der Waals surface area contributed by atoms with E-state index in [2.05, 4.69) is 20.1 Å². The standard InChI is InChI=1S/C13H15ClN6O/c1-8(14)11-18-10-12(15-7-16-13(10)21-3)20(11)6-9-4-5-17-19(9)2/h4-5,7-8H,6H2,1-3H3. The van der Waals surface area contributed by atoms with Gasteiger partial charge in [-0.15, -0.1) is 11.6 Å². The molecule has 3 aromatic rings. The summed E-state index contributed by atoms with van der Waals surface area (Å²) in [5, 5.41) is 3.93. The van der Waals surface area contributed by atoms with Crippen LogP contribution >= 0.6 is 11.6 Å². The zero-order chi connectivity index (χ0) is 15.0. The van der Waals surface area contributed by atoms with Crippen LogP contribution in [0.15, 0.2) is 18.6 Å². The Morgan fingerprint density at radius 1 is 1.38 bits per heavy atom. The maximum atomic E-state index is 6.26. The lowest BCUT2D eigenvalue weighted by atomic mass is 10.4. The minimum atomic E-state index is -0.253. The van der Waals surface area contributed by atoms with Crippen molar-refractivity contribution in [2.45, 2.75) is 18.8 Å². The monoisotopic (exact) mass is 306 g/mol. The highest BCUT2D eigenvalue weighted by Crippen LogP contribution is 2.27. The number of methoxy groups -OCH3 is 1. The summed E-state index contributed by atoms with van der Waals surface area (Å²) in [6, 6.07) is 1.95. The van der Waals surface area contributed by atoms with Gasteiger partial charge in [0.15, 0.2) is 11.2 Å². The van der Waals surface area contributed by atoms with Crippen LogP contribution in [0.2, 0.25) is 0 Å². The van der Waals surface area contributed by atoms with E-state index in [4.69, 9.17) is 16.3 Å². The lowest BCUT2D eigenvalue weighted by Gasteiger charge is -2.10. The van der Waals surface area contributed by atoms with Gasteiger partial charge in [0.2, 0.25) is 5.88 Å². The van der Waals surface area contributed by atoms with Crippen LogP contribution in [0.4, 0.5) is 0 Å². The molecular weight excluding hydrogens is 292 g/mol. The molecule has 0 N–H and O–H groups in total. The predicted molar refractivity (Wildman–Crippen MR) is 78.5 cm³/mol. The molecule has 0 aromatic carbocycles. The van der Waals surface area contributed by atoms with Crippen molar-refractivity contribution in [1.29, 1.82) is 0 Å². The number of aromatic nitrogens is 6. The van der Waals surface area contributed by atoms with Gasteiger partial charge in [-0.25, -0.2) is 9.97 Å². The van der Waals surface area contributed by atoms with E-state index in [1.54, 1.807) is 13.3 Å². The molecule has 0 amide bonds. The molecule has 0 aliphatic heterocycles. The van der Waals surface area contributed by atoms with Gasteiger partial charge in [0, 0.05) is 13.2 Å². The van der Waals surface area contributed by atoms with Crippen LogP contribution < -0.4 is 4.74 Å². The summed E-state index contributed by atoms with van der Waals surface area (Å²) < 4.78 is 9.03. The molecular formula is C13H15ClN6O. The third-order valence-corrected chi connectivity index (χ3v) is 3.51. The minimum Gasteiger partial charge on any atom is -0.479 e. The normalized spacial score (nSPS) is 12.8. The molecule has 1 atom stereocenters. The number of rotatable bonds is 4. The molecule has 0 saturated heterocycles. The summed E-state index contributed by atoms with van der Waals surface area (Å²) in [4.78, 5) is 13.0. The molecule has 8 heteroatoms. The van der Waals surface area contributed by atoms with Gasteiger partial charge in [0.25, 0.3) is 0 Å². The fraction of sp³-hybridized carbons (Fsp3) is 0.385. The number of nitrogens with zero attached hydrogens (tertiary/aromatic N) is 6. The first-order valence-corrected chi connectivity index (χ1v) is 6.91. The van der Waals surface area contributed by atoms with Gasteiger partial charge in [0.05, 0.1) is 24.7 Å². The second-order valence-corrected chi connectivity index (χ2v) is 5.33. The first-order chi connectivity index (χ1) is 10.1. The van der Waals surface area contributed by atoms with Crippen molar-refractivity contribution < 1.29 is 4.74 Å². The number of fused-ring (bicyclic) bond motifs is 1. The largest absolute Gasteiger partial charge is 0.479 e. The van der Waals surface area contributed by atoms with Crippen LogP contribution in [0.3, 0.4) is 0 Å². The van der Waals surface area contributed by atoms with Crippen LogP contribution in [0.25, 0.3) is 11.2 Å². The van der Waals surface area contributed by atoms with E-state index in [0.717, 1.165) is 11.5 Å². The molecule has 0 aliphatic carbocycles. The molecule has 1 unspecified atom stereocenters. The fourth-order valence-corrected chi connectivity index (χ4v) is 2.43. The molecule has 0 saturated carbocycles. The third-order valence-electron chi connectivity index (χ3n) is 3.32. The van der Waals surface area contributed by atoms with Crippen LogP contribution in [0.5, 0.6) is 5.88 Å². The van der Waals surface area contributed by atoms with Crippen LogP contribution in [0.1, 0.15) is 23.8 Å². The van der Waals surface area contributed by atoms with Crippen molar-refractivity contribution >= 4 is 22.8 Å². The molecule has 3 rings (SSSR count). The Labute approximate surface area is 126 Å². The Morgan fingerprint density at radius 3 is 2.81 bits per heavy atom. The maximum Gasteiger partial charge on any atom is 0.245 e. The van der Waals surface area contributed by atoms with Crippen LogP contribution in [-0.4, -0.2) is 36.4 Å². The first kappa shape index (κ1) is 13.8. The Kier molecular flexibility index (Phi) is 3.50. The number of hydrogen-bond acceptors (Lipinski definition) is 5. The lowest BCUT2D eigenvalue weighted by Crippen LogP contribution is -2.10. The topological polar surface area (TPSA) is 70.7 Å². The minimum absolute atomic E-state index is 0.253. The fourth-order valence-electron chi connectivity index (χ4n) is 2.26. The molecule has 3 aromatic heterocycles. The Bertz CT molecular complexity index is 778. The Morgan fingerprint density at radius 2 is 2.19 bits per heavy atom. The molecule has 0 bridgehead atoms. The van der Waals surface area contributed by atoms with Gasteiger partial charge < -0.3 is 9.30 Å². The van der Waals surface area contributed by atoms with Crippen LogP contribution in [0, 0.1) is 0 Å². The SMILES string of the molecule is COc1ncnc2c1nc(C(C)Cl)n2Cc1ccnn1C. The summed E-state index contributed by atoms with van der Waals surface area (Å²) in [5.41, 5.74) is 2.35. The van der Waals surface area contributed by atoms with Gasteiger partial charge >= 0.3 is 0 Å². The summed E-state index contributed by atoms with van der Waals surface area (Å²) >= 11 is 6.26. The summed E-state index contributed by atoms with van der Waals surface area (Å²) in [7, 11) is 3.46. The van der Waals surface area contributed by atoms with Gasteiger partial charge in [0.1, 0.15) is 12.2 Å². The average molecular weight is 307 g/mol. The van der Waals surface area contributed by atoms with E-state index in [1.165, 1.54) is 6.33 Å². The molecule has 21 heavy (non-hydrogen) atoms. The van der Waals surface area contributed by atoms with Crippen molar-refractivity contribution in [3.8, 4) is 5.88 Å². The number of alkyl halides is 1. The Hall–Kier alpha value is -2.15. The second-order valence-electron chi connectivity index (χ2n) is 4.67. The summed E-state index contributed by atoms with van der Waals surface area (Å²) in [5.74, 6) is 1.17. The number of imidazole rings is 1. The predicted octanol–water partition coefficient (Wildman–Crippen LogP) is 1.92. The zero-order valence-corrected chi connectivity index (χ0v) is 12.7. The van der Waals surface area contributed by atoms with Gasteiger partial charge in [-0.3, -0.25) is 4.68 Å². The van der Waals surface area contributed by atoms with E-state index < -0.39 is 0 Å². The Balaban J connectivity index is 2.19. The lowest BCUT2D eigenvalue weighted by molar-refractivity contribution is 0.401. The summed E-state index contributed by atoms with van der Waals surface area (Å²) in [6.07, 6.45) is 3.22. The number of ether oxygens (including phenoxy) is 1. The van der Waals surface area contributed by atoms with Crippen LogP contribution in [-0.2, 0) is 13.6 Å². The highest BCUT2D eigenvalue weighted by atomic mass is 35.5. The highest BCUT2D eigenvalue weighted by molar-refractivity contribution is 6.20. The van der Waals surface area contributed by atoms with E-state index in [-0.39, 0.29) is 5.38 Å². The second kappa shape index (κ2) is 5.33. The van der Waals surface area contributed by atoms with Gasteiger partial charge in [-0.2, -0.15) is 10.1 Å². The van der Waals surface area contributed by atoms with Crippen molar-refractivity contribution in [2.24, 2.45) is 7.05 Å². The molecule has 3 heterocycles. The summed E-state index contributed by atoms with van der Waals surface area (Å²) in [6.45, 7) is 2.46. The third kappa shape index (κ3) is 2.33. The van der Waals surface area contributed by atoms with E-state index in [1.807, 2.05) is 29.3 Å². The van der Waals surface area contributed by atoms with E-state index in [9.17, 15) is 0 Å². The first-order valence-electron chi connectivity index (χ1n) is 6.48. The van der Waals surface area contributed by atoms with Gasteiger partial charge in [-0.05, 0) is 13.0 Å². The number of hydrogen-bond donors (Lipinski definition) is 0. The maximum absolute atomic E-state index is 6.26. The van der Waals surface area contributed by atoms with E-state index in [0.29, 0.717) is 23.6 Å². The molecule has 0 aliphatic rings. The molecule has 110 valence electrons. The van der Waals surface area contributed by atoms with Crippen molar-refractivity contribution in [2.75, 3.05) is 7.11 Å². The molecule has 7 nitrogen and oxygen atoms in total. The molecule has 0 radical (unpaired) electrons. The van der Waals surface area contributed by atoms with Crippen molar-refractivity contribution in [3.63, 3.8) is 0 Å². The quantitative estimate of drug-likeness (QED) is 0.689. The number of halogens is 1. The molecule has 0 fully saturated rings. The zero-order valence-electron chi connectivity index (χ0n) is 12.0. The molecule has 0 spiro atoms. The average Bonchev–Trinajstić information content (AvgIpc) is 3.04. The van der Waals surface area contributed by atoms with Crippen molar-refractivity contribution in [1.82, 2.24) is 29.3 Å². The van der Waals surface area contributed by atoms with Crippen molar-refractivity contribution in [3.05, 3.63) is 30.1 Å². The van der Waals surface area contributed by atoms with Gasteiger partial charge in [-0.1, -0.05) is 0 Å². The highest BCUT2D eigenvalue weighted by Gasteiger charge is 2.20. The number of aryl methyl sites for hydroxylation is 1. The smallest absolute Gasteiger partial charge is 0.245 e.